The van der Waals surface area contributed by atoms with Gasteiger partial charge in [0.2, 0.25) is 0 Å². The van der Waals surface area contributed by atoms with E-state index in [4.69, 9.17) is 5.11 Å². The Labute approximate surface area is 106 Å². The Hall–Kier alpha value is -0.380. The van der Waals surface area contributed by atoms with Crippen LogP contribution in [0.25, 0.3) is 0 Å². The van der Waals surface area contributed by atoms with Crippen molar-refractivity contribution >= 4 is 49.5 Å². The number of carbonyl (C=O) groups is 2. The maximum absolute atomic E-state index is 11.1. The number of rotatable bonds is 3. The fourth-order valence-electron chi connectivity index (χ4n) is 0.863. The van der Waals surface area contributed by atoms with Gasteiger partial charge in [0.05, 0.1) is 0 Å². The molecule has 66 valence electrons. The topological polar surface area (TPSA) is 54.4 Å². The van der Waals surface area contributed by atoms with E-state index < -0.39 is 12.4 Å². The monoisotopic (exact) mass is 206 g/mol. The minimum absolute atomic E-state index is 0. The molecule has 0 unspecified atom stereocenters. The molecule has 0 aliphatic rings. The van der Waals surface area contributed by atoms with Crippen molar-refractivity contribution in [3.8, 4) is 0 Å². The molecular weight excluding hydrogens is 196 g/mol. The number of benzene rings is 1. The van der Waals surface area contributed by atoms with Crippen molar-refractivity contribution in [3.63, 3.8) is 0 Å². The van der Waals surface area contributed by atoms with Crippen molar-refractivity contribution < 1.29 is 14.7 Å². The van der Waals surface area contributed by atoms with Crippen LogP contribution in [0.4, 0.5) is 0 Å². The Bertz CT molecular complexity index is 295. The van der Waals surface area contributed by atoms with Gasteiger partial charge in [-0.25, -0.2) is 0 Å². The summed E-state index contributed by atoms with van der Waals surface area (Å²) >= 11 is 0. The molecule has 0 amide bonds. The molecule has 13 heavy (non-hydrogen) atoms. The summed E-state index contributed by atoms with van der Waals surface area (Å²) in [6, 6.07) is 8.39. The van der Waals surface area contributed by atoms with E-state index in [2.05, 4.69) is 0 Å². The Morgan fingerprint density at radius 3 is 2.15 bits per heavy atom. The molecule has 0 heterocycles. The molecule has 0 atom stereocenters. The van der Waals surface area contributed by atoms with Crippen LogP contribution in [-0.2, 0) is 4.79 Å². The number of carboxylic acids is 1. The van der Waals surface area contributed by atoms with E-state index in [-0.39, 0.29) is 43.5 Å². The Kier molecular flexibility index (Phi) is 5.95. The van der Waals surface area contributed by atoms with Crippen molar-refractivity contribution in [2.75, 3.05) is 0 Å². The molecule has 0 spiro atoms. The van der Waals surface area contributed by atoms with Gasteiger partial charge in [0.25, 0.3) is 0 Å². The van der Waals surface area contributed by atoms with Crippen molar-refractivity contribution in [2.45, 2.75) is 6.42 Å². The van der Waals surface area contributed by atoms with E-state index in [1.165, 1.54) is 0 Å². The van der Waals surface area contributed by atoms with Crippen LogP contribution < -0.4 is 0 Å². The van der Waals surface area contributed by atoms with E-state index in [1.807, 2.05) is 0 Å². The summed E-state index contributed by atoms with van der Waals surface area (Å²) in [5.74, 6) is -1.45. The second-order valence-corrected chi connectivity index (χ2v) is 2.36. The third-order valence-electron chi connectivity index (χ3n) is 1.41. The van der Waals surface area contributed by atoms with Crippen LogP contribution in [-0.4, -0.2) is 54.6 Å². The molecule has 1 aromatic rings. The van der Waals surface area contributed by atoms with E-state index in [9.17, 15) is 9.59 Å². The summed E-state index contributed by atoms with van der Waals surface area (Å²) in [5.41, 5.74) is 0.444. The van der Waals surface area contributed by atoms with Crippen LogP contribution in [0.5, 0.6) is 0 Å². The molecule has 1 rings (SSSR count). The molecule has 0 saturated heterocycles. The quantitative estimate of drug-likeness (QED) is 0.443. The molecule has 0 radical (unpaired) electrons. The number of ketones is 1. The van der Waals surface area contributed by atoms with Gasteiger partial charge in [-0.2, -0.15) is 0 Å². The Balaban J connectivity index is 0.00000144. The summed E-state index contributed by atoms with van der Waals surface area (Å²) in [7, 11) is 0. The Morgan fingerprint density at radius 2 is 1.69 bits per heavy atom. The Morgan fingerprint density at radius 1 is 1.15 bits per heavy atom. The number of aliphatic carboxylic acids is 1. The maximum atomic E-state index is 11.1. The average Bonchev–Trinajstić information content (AvgIpc) is 2.05. The van der Waals surface area contributed by atoms with Gasteiger partial charge in [-0.15, -0.1) is 0 Å². The number of carboxylic acid groups (broad SMARTS) is 1. The third kappa shape index (κ3) is 4.41. The molecule has 3 nitrogen and oxygen atoms in total. The number of hydrogen-bond donors (Lipinski definition) is 1. The van der Waals surface area contributed by atoms with Crippen LogP contribution in [0, 0.1) is 0 Å². The van der Waals surface area contributed by atoms with Gasteiger partial charge >= 0.3 is 43.7 Å². The second kappa shape index (κ2) is 6.13. The number of hydrogen-bond acceptors (Lipinski definition) is 2. The SMILES string of the molecule is O=C(O)CC(=O)c1ccccc1.[CaH2]. The van der Waals surface area contributed by atoms with Crippen LogP contribution in [0.15, 0.2) is 30.3 Å². The normalized spacial score (nSPS) is 8.62. The predicted molar refractivity (Wildman–Crippen MR) is 51.6 cm³/mol. The molecular formula is C9H10CaO3. The first-order valence-corrected chi connectivity index (χ1v) is 3.50. The molecule has 0 aliphatic carbocycles. The van der Waals surface area contributed by atoms with Gasteiger partial charge in [-0.05, 0) is 0 Å². The van der Waals surface area contributed by atoms with Gasteiger partial charge in [-0.1, -0.05) is 30.3 Å². The van der Waals surface area contributed by atoms with Crippen LogP contribution >= 0.6 is 0 Å². The fraction of sp³-hybridized carbons (Fsp3) is 0.111. The number of Topliss-reactive ketones (excluding diaryl/α,β-unsaturated/α-hetero) is 1. The van der Waals surface area contributed by atoms with Crippen molar-refractivity contribution in [3.05, 3.63) is 35.9 Å². The van der Waals surface area contributed by atoms with Gasteiger partial charge < -0.3 is 5.11 Å². The van der Waals surface area contributed by atoms with Crippen molar-refractivity contribution in [2.24, 2.45) is 0 Å². The van der Waals surface area contributed by atoms with E-state index >= 15 is 0 Å². The van der Waals surface area contributed by atoms with Crippen LogP contribution in [0.2, 0.25) is 0 Å². The first kappa shape index (κ1) is 12.6. The molecule has 0 aliphatic heterocycles. The summed E-state index contributed by atoms with van der Waals surface area (Å²) < 4.78 is 0. The van der Waals surface area contributed by atoms with Gasteiger partial charge in [0, 0.05) is 5.56 Å². The summed E-state index contributed by atoms with van der Waals surface area (Å²) in [6.45, 7) is 0. The first-order chi connectivity index (χ1) is 5.70. The zero-order valence-corrected chi connectivity index (χ0v) is 6.36. The zero-order valence-electron chi connectivity index (χ0n) is 6.36. The van der Waals surface area contributed by atoms with Gasteiger partial charge in [-0.3, -0.25) is 9.59 Å². The molecule has 0 bridgehead atoms. The first-order valence-electron chi connectivity index (χ1n) is 3.50. The van der Waals surface area contributed by atoms with E-state index in [0.717, 1.165) is 0 Å². The van der Waals surface area contributed by atoms with Gasteiger partial charge in [0.1, 0.15) is 6.42 Å². The zero-order chi connectivity index (χ0) is 8.97. The standard InChI is InChI=1S/C9H8O3.Ca.2H/c10-8(6-9(11)12)7-4-2-1-3-5-7;;;/h1-5H,6H2,(H,11,12);;;. The summed E-state index contributed by atoms with van der Waals surface area (Å²) in [6.07, 6.45) is -0.440. The predicted octanol–water partition coefficient (Wildman–Crippen LogP) is 0.428. The minimum atomic E-state index is -1.09. The molecule has 0 fully saturated rings. The molecule has 1 N–H and O–H groups in total. The van der Waals surface area contributed by atoms with E-state index in [0.29, 0.717) is 5.56 Å². The average molecular weight is 206 g/mol. The second-order valence-electron chi connectivity index (χ2n) is 2.36. The summed E-state index contributed by atoms with van der Waals surface area (Å²) in [4.78, 5) is 21.2. The number of carbonyl (C=O) groups excluding carboxylic acids is 1. The molecule has 0 aromatic heterocycles. The van der Waals surface area contributed by atoms with Crippen LogP contribution in [0.3, 0.4) is 0 Å². The van der Waals surface area contributed by atoms with Crippen molar-refractivity contribution in [1.29, 1.82) is 0 Å². The molecule has 1 aromatic carbocycles. The third-order valence-corrected chi connectivity index (χ3v) is 1.41. The van der Waals surface area contributed by atoms with Gasteiger partial charge in [0.15, 0.2) is 5.78 Å². The fourth-order valence-corrected chi connectivity index (χ4v) is 0.863. The van der Waals surface area contributed by atoms with E-state index in [1.54, 1.807) is 30.3 Å². The molecule has 0 saturated carbocycles. The van der Waals surface area contributed by atoms with Crippen LogP contribution in [0.1, 0.15) is 16.8 Å². The molecule has 4 heteroatoms. The van der Waals surface area contributed by atoms with Crippen molar-refractivity contribution in [1.82, 2.24) is 0 Å². The summed E-state index contributed by atoms with van der Waals surface area (Å²) in [5, 5.41) is 8.32.